The monoisotopic (exact) mass is 256 g/mol. The standard InChI is InChI=1S/C15H12O4/c16-13-7-6-11(9-14(13)17)5-4-10-2-1-3-12(8-10)15(18)19/h1-9,16-17H,(H,18,19). The first-order valence-electron chi connectivity index (χ1n) is 5.60. The Labute approximate surface area is 109 Å². The molecule has 0 saturated heterocycles. The summed E-state index contributed by atoms with van der Waals surface area (Å²) in [4.78, 5) is 10.8. The van der Waals surface area contributed by atoms with Gasteiger partial charge in [-0.25, -0.2) is 4.79 Å². The summed E-state index contributed by atoms with van der Waals surface area (Å²) in [6.45, 7) is 0. The molecule has 4 nitrogen and oxygen atoms in total. The smallest absolute Gasteiger partial charge is 0.335 e. The Kier molecular flexibility index (Phi) is 3.52. The van der Waals surface area contributed by atoms with E-state index in [1.807, 2.05) is 0 Å². The predicted octanol–water partition coefficient (Wildman–Crippen LogP) is 2.97. The first-order chi connectivity index (χ1) is 9.06. The highest BCUT2D eigenvalue weighted by atomic mass is 16.4. The molecule has 19 heavy (non-hydrogen) atoms. The zero-order valence-corrected chi connectivity index (χ0v) is 9.95. The van der Waals surface area contributed by atoms with Gasteiger partial charge in [-0.2, -0.15) is 0 Å². The largest absolute Gasteiger partial charge is 0.504 e. The summed E-state index contributed by atoms with van der Waals surface area (Å²) < 4.78 is 0. The molecule has 0 saturated carbocycles. The zero-order chi connectivity index (χ0) is 13.8. The van der Waals surface area contributed by atoms with Crippen LogP contribution >= 0.6 is 0 Å². The molecule has 0 heterocycles. The molecule has 0 amide bonds. The second-order valence-corrected chi connectivity index (χ2v) is 4.01. The average molecular weight is 256 g/mol. The van der Waals surface area contributed by atoms with Gasteiger partial charge in [-0.1, -0.05) is 30.4 Å². The zero-order valence-electron chi connectivity index (χ0n) is 9.95. The fourth-order valence-corrected chi connectivity index (χ4v) is 1.61. The summed E-state index contributed by atoms with van der Waals surface area (Å²) >= 11 is 0. The Morgan fingerprint density at radius 3 is 2.21 bits per heavy atom. The van der Waals surface area contributed by atoms with Gasteiger partial charge < -0.3 is 15.3 Å². The number of carboxylic acids is 1. The highest BCUT2D eigenvalue weighted by Crippen LogP contribution is 2.25. The van der Waals surface area contributed by atoms with Crippen LogP contribution in [-0.4, -0.2) is 21.3 Å². The molecule has 2 aromatic rings. The Morgan fingerprint density at radius 1 is 0.895 bits per heavy atom. The molecular weight excluding hydrogens is 244 g/mol. The average Bonchev–Trinajstić information content (AvgIpc) is 2.40. The van der Waals surface area contributed by atoms with Crippen molar-refractivity contribution in [3.8, 4) is 11.5 Å². The summed E-state index contributed by atoms with van der Waals surface area (Å²) in [7, 11) is 0. The van der Waals surface area contributed by atoms with Crippen molar-refractivity contribution in [2.75, 3.05) is 0 Å². The molecule has 3 N–H and O–H groups in total. The van der Waals surface area contributed by atoms with Crippen LogP contribution in [0.2, 0.25) is 0 Å². The van der Waals surface area contributed by atoms with Gasteiger partial charge in [0.15, 0.2) is 11.5 Å². The molecule has 0 aromatic heterocycles. The lowest BCUT2D eigenvalue weighted by molar-refractivity contribution is 0.0697. The van der Waals surface area contributed by atoms with Gasteiger partial charge in [-0.05, 0) is 35.4 Å². The molecule has 0 aliphatic heterocycles. The van der Waals surface area contributed by atoms with Gasteiger partial charge in [-0.15, -0.1) is 0 Å². The lowest BCUT2D eigenvalue weighted by Gasteiger charge is -1.99. The number of carbonyl (C=O) groups is 1. The van der Waals surface area contributed by atoms with Crippen LogP contribution in [0.3, 0.4) is 0 Å². The minimum Gasteiger partial charge on any atom is -0.504 e. The van der Waals surface area contributed by atoms with Crippen LogP contribution in [0.25, 0.3) is 12.2 Å². The molecule has 4 heteroatoms. The molecule has 0 aliphatic carbocycles. The number of carboxylic acid groups (broad SMARTS) is 1. The number of phenols is 2. The minimum absolute atomic E-state index is 0.176. The lowest BCUT2D eigenvalue weighted by atomic mass is 10.1. The number of phenolic OH excluding ortho intramolecular Hbond substituents is 2. The summed E-state index contributed by atoms with van der Waals surface area (Å²) in [6.07, 6.45) is 3.46. The molecule has 96 valence electrons. The maximum Gasteiger partial charge on any atom is 0.335 e. The van der Waals surface area contributed by atoms with Gasteiger partial charge in [-0.3, -0.25) is 0 Å². The van der Waals surface area contributed by atoms with Crippen molar-refractivity contribution in [2.24, 2.45) is 0 Å². The van der Waals surface area contributed by atoms with Crippen LogP contribution in [0, 0.1) is 0 Å². The van der Waals surface area contributed by atoms with Crippen LogP contribution in [0.5, 0.6) is 11.5 Å². The molecule has 2 rings (SSSR count). The van der Waals surface area contributed by atoms with Crippen molar-refractivity contribution in [1.29, 1.82) is 0 Å². The fraction of sp³-hybridized carbons (Fsp3) is 0. The van der Waals surface area contributed by atoms with E-state index in [1.165, 1.54) is 18.2 Å². The second-order valence-electron chi connectivity index (χ2n) is 4.01. The van der Waals surface area contributed by atoms with Crippen molar-refractivity contribution >= 4 is 18.1 Å². The van der Waals surface area contributed by atoms with Gasteiger partial charge in [0.25, 0.3) is 0 Å². The number of aromatic carboxylic acids is 1. The highest BCUT2D eigenvalue weighted by molar-refractivity contribution is 5.88. The Hall–Kier alpha value is -2.75. The molecular formula is C15H12O4. The van der Waals surface area contributed by atoms with Gasteiger partial charge in [0.1, 0.15) is 0 Å². The van der Waals surface area contributed by atoms with Crippen LogP contribution < -0.4 is 0 Å². The van der Waals surface area contributed by atoms with Crippen LogP contribution in [-0.2, 0) is 0 Å². The Balaban J connectivity index is 2.24. The van der Waals surface area contributed by atoms with E-state index in [0.29, 0.717) is 5.56 Å². The molecule has 0 aliphatic rings. The first kappa shape index (κ1) is 12.7. The van der Waals surface area contributed by atoms with E-state index in [0.717, 1.165) is 5.56 Å². The van der Waals surface area contributed by atoms with Crippen molar-refractivity contribution < 1.29 is 20.1 Å². The highest BCUT2D eigenvalue weighted by Gasteiger charge is 2.01. The second kappa shape index (κ2) is 5.27. The number of benzene rings is 2. The molecule has 0 radical (unpaired) electrons. The van der Waals surface area contributed by atoms with Gasteiger partial charge in [0, 0.05) is 0 Å². The molecule has 0 spiro atoms. The van der Waals surface area contributed by atoms with E-state index >= 15 is 0 Å². The number of rotatable bonds is 3. The molecule has 2 aromatic carbocycles. The van der Waals surface area contributed by atoms with Crippen LogP contribution in [0.4, 0.5) is 0 Å². The Morgan fingerprint density at radius 2 is 1.58 bits per heavy atom. The first-order valence-corrected chi connectivity index (χ1v) is 5.60. The van der Waals surface area contributed by atoms with Gasteiger partial charge >= 0.3 is 5.97 Å². The minimum atomic E-state index is -0.975. The SMILES string of the molecule is O=C(O)c1cccc(C=Cc2ccc(O)c(O)c2)c1. The van der Waals surface area contributed by atoms with E-state index < -0.39 is 5.97 Å². The quantitative estimate of drug-likeness (QED) is 0.582. The summed E-state index contributed by atoms with van der Waals surface area (Å²) in [6, 6.07) is 11.0. The third kappa shape index (κ3) is 3.13. The van der Waals surface area contributed by atoms with Gasteiger partial charge in [0.2, 0.25) is 0 Å². The van der Waals surface area contributed by atoms with E-state index in [9.17, 15) is 15.0 Å². The summed E-state index contributed by atoms with van der Waals surface area (Å²) in [5.41, 5.74) is 1.67. The van der Waals surface area contributed by atoms with Crippen LogP contribution in [0.15, 0.2) is 42.5 Å². The molecule has 0 unspecified atom stereocenters. The van der Waals surface area contributed by atoms with Crippen molar-refractivity contribution in [1.82, 2.24) is 0 Å². The van der Waals surface area contributed by atoms with Gasteiger partial charge in [0.05, 0.1) is 5.56 Å². The van der Waals surface area contributed by atoms with Crippen molar-refractivity contribution in [3.05, 3.63) is 59.2 Å². The number of aromatic hydroxyl groups is 2. The molecule has 0 bridgehead atoms. The number of hydrogen-bond acceptors (Lipinski definition) is 3. The third-order valence-electron chi connectivity index (χ3n) is 2.60. The molecule has 0 fully saturated rings. The third-order valence-corrected chi connectivity index (χ3v) is 2.60. The van der Waals surface area contributed by atoms with E-state index in [-0.39, 0.29) is 17.1 Å². The molecule has 0 atom stereocenters. The summed E-state index contributed by atoms with van der Waals surface area (Å²) in [5, 5.41) is 27.4. The summed E-state index contributed by atoms with van der Waals surface area (Å²) in [5.74, 6) is -1.34. The van der Waals surface area contributed by atoms with E-state index in [2.05, 4.69) is 0 Å². The van der Waals surface area contributed by atoms with E-state index in [1.54, 1.807) is 36.4 Å². The van der Waals surface area contributed by atoms with E-state index in [4.69, 9.17) is 5.11 Å². The topological polar surface area (TPSA) is 77.8 Å². The predicted molar refractivity (Wildman–Crippen MR) is 72.1 cm³/mol. The maximum absolute atomic E-state index is 10.8. The fourth-order valence-electron chi connectivity index (χ4n) is 1.61. The van der Waals surface area contributed by atoms with Crippen LogP contribution in [0.1, 0.15) is 21.5 Å². The normalized spacial score (nSPS) is 10.7. The van der Waals surface area contributed by atoms with Crippen molar-refractivity contribution in [2.45, 2.75) is 0 Å². The lowest BCUT2D eigenvalue weighted by Crippen LogP contribution is -1.95. The van der Waals surface area contributed by atoms with Crippen molar-refractivity contribution in [3.63, 3.8) is 0 Å². The number of hydrogen-bond donors (Lipinski definition) is 3. The maximum atomic E-state index is 10.8. The Bertz CT molecular complexity index is 644.